The van der Waals surface area contributed by atoms with Crippen molar-refractivity contribution in [1.82, 2.24) is 24.5 Å². The molecular weight excluding hydrogens is 588 g/mol. The number of nitrogens with two attached hydrogens (primary N) is 1. The fourth-order valence-electron chi connectivity index (χ4n) is 5.21. The fraction of sp³-hybridized carbons (Fsp3) is 0.423. The van der Waals surface area contributed by atoms with E-state index in [9.17, 15) is 35.9 Å². The second kappa shape index (κ2) is 10.7. The molecule has 4 heterocycles. The first-order valence-electron chi connectivity index (χ1n) is 13.0. The molecule has 2 amide bonds. The number of nitrogens with zero attached hydrogens (tertiary/aromatic N) is 5. The van der Waals surface area contributed by atoms with Gasteiger partial charge in [-0.2, -0.15) is 36.5 Å². The number of primary amides is 1. The normalized spacial score (nSPS) is 14.2. The predicted octanol–water partition coefficient (Wildman–Crippen LogP) is 5.73. The van der Waals surface area contributed by atoms with E-state index in [0.29, 0.717) is 54.1 Å². The van der Waals surface area contributed by atoms with Crippen molar-refractivity contribution in [2.24, 2.45) is 5.73 Å². The summed E-state index contributed by atoms with van der Waals surface area (Å²) in [6.45, 7) is 3.20. The van der Waals surface area contributed by atoms with Gasteiger partial charge in [0.2, 0.25) is 5.91 Å². The SMILES string of the molecule is CCn1cc(-c2cc(C(F)(F)F)nc3sc(C(N)=O)c(NC(=O)Cn4nc(C(F)(F)F)c5c4CCCCC5)c23)c(C)n1. The van der Waals surface area contributed by atoms with Crippen molar-refractivity contribution in [2.45, 2.75) is 71.4 Å². The summed E-state index contributed by atoms with van der Waals surface area (Å²) < 4.78 is 85.2. The highest BCUT2D eigenvalue weighted by Gasteiger charge is 2.40. The monoisotopic (exact) mass is 613 g/mol. The van der Waals surface area contributed by atoms with Crippen LogP contribution in [0.3, 0.4) is 0 Å². The number of aromatic nitrogens is 5. The van der Waals surface area contributed by atoms with Crippen LogP contribution in [0.5, 0.6) is 0 Å². The van der Waals surface area contributed by atoms with E-state index in [0.717, 1.165) is 17.2 Å². The van der Waals surface area contributed by atoms with Gasteiger partial charge in [-0.05, 0) is 51.2 Å². The Bertz CT molecular complexity index is 1700. The summed E-state index contributed by atoms with van der Waals surface area (Å²) in [6.07, 6.45) is -5.62. The quantitative estimate of drug-likeness (QED) is 0.213. The van der Waals surface area contributed by atoms with E-state index in [1.165, 1.54) is 10.9 Å². The number of aryl methyl sites for hydroxylation is 2. The molecule has 9 nitrogen and oxygen atoms in total. The van der Waals surface area contributed by atoms with E-state index in [1.807, 2.05) is 0 Å². The highest BCUT2D eigenvalue weighted by molar-refractivity contribution is 7.21. The number of halogens is 6. The van der Waals surface area contributed by atoms with Crippen molar-refractivity contribution in [2.75, 3.05) is 5.32 Å². The van der Waals surface area contributed by atoms with Gasteiger partial charge in [0.1, 0.15) is 21.9 Å². The first-order chi connectivity index (χ1) is 19.7. The van der Waals surface area contributed by atoms with Crippen LogP contribution >= 0.6 is 11.3 Å². The Labute approximate surface area is 238 Å². The molecule has 4 aromatic rings. The van der Waals surface area contributed by atoms with Crippen LogP contribution in [0, 0.1) is 6.92 Å². The first kappa shape index (κ1) is 29.5. The molecule has 4 aromatic heterocycles. The van der Waals surface area contributed by atoms with Crippen molar-refractivity contribution in [3.63, 3.8) is 0 Å². The third kappa shape index (κ3) is 5.46. The fourth-order valence-corrected chi connectivity index (χ4v) is 6.22. The van der Waals surface area contributed by atoms with Gasteiger partial charge in [0.05, 0.1) is 11.4 Å². The molecule has 0 atom stereocenters. The third-order valence-electron chi connectivity index (χ3n) is 7.07. The van der Waals surface area contributed by atoms with E-state index in [2.05, 4.69) is 20.5 Å². The van der Waals surface area contributed by atoms with Crippen LogP contribution in [0.2, 0.25) is 0 Å². The Morgan fingerprint density at radius 1 is 1.05 bits per heavy atom. The third-order valence-corrected chi connectivity index (χ3v) is 8.17. The number of nitrogens with one attached hydrogen (secondary N) is 1. The van der Waals surface area contributed by atoms with Crippen molar-refractivity contribution in [3.8, 4) is 11.1 Å². The number of thiophene rings is 1. The number of pyridine rings is 1. The molecule has 1 aliphatic carbocycles. The van der Waals surface area contributed by atoms with Gasteiger partial charge in [0.15, 0.2) is 5.69 Å². The molecule has 0 fully saturated rings. The molecule has 5 rings (SSSR count). The molecule has 42 heavy (non-hydrogen) atoms. The lowest BCUT2D eigenvalue weighted by Gasteiger charge is -2.12. The van der Waals surface area contributed by atoms with E-state index < -0.39 is 42.1 Å². The van der Waals surface area contributed by atoms with Crippen LogP contribution in [0.25, 0.3) is 21.3 Å². The average molecular weight is 614 g/mol. The van der Waals surface area contributed by atoms with Crippen molar-refractivity contribution < 1.29 is 35.9 Å². The second-order valence-electron chi connectivity index (χ2n) is 9.93. The summed E-state index contributed by atoms with van der Waals surface area (Å²) in [4.78, 5) is 28.9. The summed E-state index contributed by atoms with van der Waals surface area (Å²) in [6, 6.07) is 0.808. The molecule has 0 bridgehead atoms. The largest absolute Gasteiger partial charge is 0.435 e. The minimum atomic E-state index is -4.83. The lowest BCUT2D eigenvalue weighted by molar-refractivity contribution is -0.142. The molecule has 0 aromatic carbocycles. The number of alkyl halides is 6. The molecule has 0 radical (unpaired) electrons. The molecule has 224 valence electrons. The second-order valence-corrected chi connectivity index (χ2v) is 10.9. The van der Waals surface area contributed by atoms with Gasteiger partial charge in [-0.3, -0.25) is 19.0 Å². The van der Waals surface area contributed by atoms with Gasteiger partial charge in [-0.25, -0.2) is 4.98 Å². The molecular formula is C26H25F6N7O2S. The van der Waals surface area contributed by atoms with Crippen LogP contribution < -0.4 is 11.1 Å². The van der Waals surface area contributed by atoms with E-state index in [1.54, 1.807) is 13.8 Å². The summed E-state index contributed by atoms with van der Waals surface area (Å²) in [5, 5.41) is 10.6. The highest BCUT2D eigenvalue weighted by atomic mass is 32.1. The van der Waals surface area contributed by atoms with Crippen LogP contribution in [0.15, 0.2) is 12.3 Å². The van der Waals surface area contributed by atoms with Crippen LogP contribution in [0.4, 0.5) is 32.0 Å². The minimum absolute atomic E-state index is 0.0101. The molecule has 0 spiro atoms. The Morgan fingerprint density at radius 3 is 2.38 bits per heavy atom. The molecule has 0 saturated carbocycles. The number of fused-ring (bicyclic) bond motifs is 2. The average Bonchev–Trinajstić information content (AvgIpc) is 3.50. The number of carbonyl (C=O) groups is 2. The Kier molecular flexibility index (Phi) is 7.53. The Balaban J connectivity index is 1.63. The molecule has 0 aliphatic heterocycles. The van der Waals surface area contributed by atoms with Crippen molar-refractivity contribution in [3.05, 3.63) is 45.5 Å². The van der Waals surface area contributed by atoms with E-state index in [4.69, 9.17) is 5.73 Å². The lowest BCUT2D eigenvalue weighted by atomic mass is 10.0. The van der Waals surface area contributed by atoms with Gasteiger partial charge < -0.3 is 11.1 Å². The van der Waals surface area contributed by atoms with Gasteiger partial charge >= 0.3 is 12.4 Å². The summed E-state index contributed by atoms with van der Waals surface area (Å²) >= 11 is 0.572. The van der Waals surface area contributed by atoms with E-state index in [-0.39, 0.29) is 38.3 Å². The van der Waals surface area contributed by atoms with Crippen molar-refractivity contribution in [1.29, 1.82) is 0 Å². The summed E-state index contributed by atoms with van der Waals surface area (Å²) in [7, 11) is 0. The summed E-state index contributed by atoms with van der Waals surface area (Å²) in [5.74, 6) is -1.87. The van der Waals surface area contributed by atoms with Crippen molar-refractivity contribution >= 4 is 39.1 Å². The smallest absolute Gasteiger partial charge is 0.365 e. The van der Waals surface area contributed by atoms with E-state index >= 15 is 0 Å². The number of carbonyl (C=O) groups excluding carboxylic acids is 2. The van der Waals surface area contributed by atoms with Crippen LogP contribution in [-0.4, -0.2) is 36.4 Å². The Hall–Kier alpha value is -3.95. The topological polar surface area (TPSA) is 121 Å². The van der Waals surface area contributed by atoms with Gasteiger partial charge in [-0.15, -0.1) is 11.3 Å². The molecule has 0 saturated heterocycles. The zero-order valence-electron chi connectivity index (χ0n) is 22.4. The van der Waals surface area contributed by atoms with Gasteiger partial charge in [0, 0.05) is 34.9 Å². The van der Waals surface area contributed by atoms with Gasteiger partial charge in [-0.1, -0.05) is 6.42 Å². The predicted molar refractivity (Wildman–Crippen MR) is 142 cm³/mol. The van der Waals surface area contributed by atoms with Crippen LogP contribution in [0.1, 0.15) is 64.2 Å². The molecule has 3 N–H and O–H groups in total. The number of hydrogen-bond donors (Lipinski definition) is 2. The first-order valence-corrected chi connectivity index (χ1v) is 13.8. The van der Waals surface area contributed by atoms with Crippen LogP contribution in [-0.2, 0) is 43.1 Å². The number of anilines is 1. The minimum Gasteiger partial charge on any atom is -0.365 e. The maximum absolute atomic E-state index is 13.8. The van der Waals surface area contributed by atoms with Gasteiger partial charge in [0.25, 0.3) is 5.91 Å². The maximum atomic E-state index is 13.8. The molecule has 1 aliphatic rings. The standard InChI is InChI=1S/C26H25F6N7O2S/c1-3-38-10-15(12(2)36-38)14-9-17(25(27,28)29)34-24-19(14)20(21(42-24)23(33)41)35-18(40)11-39-16-8-6-4-5-7-13(16)22(37-39)26(30,31)32/h9-10H,3-8,11H2,1-2H3,(H2,33,41)(H,35,40). The summed E-state index contributed by atoms with van der Waals surface area (Å²) in [5.41, 5.74) is 4.18. The molecule has 0 unspecified atom stereocenters. The number of hydrogen-bond acceptors (Lipinski definition) is 6. The maximum Gasteiger partial charge on any atom is 0.435 e. The highest BCUT2D eigenvalue weighted by Crippen LogP contribution is 2.44. The zero-order chi connectivity index (χ0) is 30.6. The number of rotatable bonds is 6. The lowest BCUT2D eigenvalue weighted by Crippen LogP contribution is -2.23. The number of amides is 2. The Morgan fingerprint density at radius 2 is 1.76 bits per heavy atom. The zero-order valence-corrected chi connectivity index (χ0v) is 23.2. The molecule has 16 heteroatoms.